The molecule has 0 fully saturated rings. The third-order valence-corrected chi connectivity index (χ3v) is 2.45. The van der Waals surface area contributed by atoms with Crippen molar-refractivity contribution in [3.05, 3.63) is 0 Å². The molecule has 0 spiro atoms. The number of aliphatic carboxylic acids is 1. The maximum Gasteiger partial charge on any atom is 0.317 e. The van der Waals surface area contributed by atoms with E-state index in [1.807, 2.05) is 18.7 Å². The second-order valence-corrected chi connectivity index (χ2v) is 3.78. The number of hydrogen-bond acceptors (Lipinski definition) is 3. The zero-order valence-electron chi connectivity index (χ0n) is 10.0. The van der Waals surface area contributed by atoms with Gasteiger partial charge in [0.2, 0.25) is 0 Å². The summed E-state index contributed by atoms with van der Waals surface area (Å²) in [6, 6.07) is 0.260. The average Bonchev–Trinajstić information content (AvgIpc) is 2.20. The van der Waals surface area contributed by atoms with E-state index in [-0.39, 0.29) is 18.5 Å². The first-order valence-electron chi connectivity index (χ1n) is 5.48. The molecule has 0 saturated heterocycles. The van der Waals surface area contributed by atoms with Gasteiger partial charge in [0.15, 0.2) is 5.96 Å². The van der Waals surface area contributed by atoms with E-state index in [9.17, 15) is 4.79 Å². The zero-order valence-corrected chi connectivity index (χ0v) is 10.0. The Bertz CT molecular complexity index is 239. The molecule has 0 aliphatic rings. The predicted octanol–water partition coefficient (Wildman–Crippen LogP) is -0.165. The van der Waals surface area contributed by atoms with E-state index in [0.717, 1.165) is 12.8 Å². The van der Waals surface area contributed by atoms with Crippen molar-refractivity contribution >= 4 is 11.9 Å². The number of nitrogens with zero attached hydrogens (tertiary/aromatic N) is 2. The molecule has 0 aliphatic heterocycles. The summed E-state index contributed by atoms with van der Waals surface area (Å²) in [5.74, 6) is -0.726. The van der Waals surface area contributed by atoms with Crippen molar-refractivity contribution in [2.45, 2.75) is 32.7 Å². The van der Waals surface area contributed by atoms with Crippen LogP contribution < -0.4 is 11.5 Å². The lowest BCUT2D eigenvalue weighted by molar-refractivity contribution is -0.138. The second kappa shape index (κ2) is 7.92. The monoisotopic (exact) mass is 230 g/mol. The topological polar surface area (TPSA) is 105 Å². The number of aliphatic imine (C=N–C) groups is 1. The highest BCUT2D eigenvalue weighted by Crippen LogP contribution is 2.04. The van der Waals surface area contributed by atoms with E-state index in [1.165, 1.54) is 0 Å². The second-order valence-electron chi connectivity index (χ2n) is 3.78. The van der Waals surface area contributed by atoms with Gasteiger partial charge in [0.05, 0.1) is 6.54 Å². The molecule has 16 heavy (non-hydrogen) atoms. The van der Waals surface area contributed by atoms with Crippen molar-refractivity contribution in [3.63, 3.8) is 0 Å². The van der Waals surface area contributed by atoms with Gasteiger partial charge in [-0.25, -0.2) is 0 Å². The van der Waals surface area contributed by atoms with Gasteiger partial charge in [-0.05, 0) is 19.8 Å². The number of guanidine groups is 1. The average molecular weight is 230 g/mol. The maximum atomic E-state index is 10.7. The standard InChI is InChI=1S/C10H22N4O2/c1-3-8(2)14(7-9(15)16)6-4-5-13-10(11)12/h8H,3-7H2,1-2H3,(H,15,16)(H4,11,12,13). The van der Waals surface area contributed by atoms with Gasteiger partial charge >= 0.3 is 5.97 Å². The molecule has 0 aromatic heterocycles. The SMILES string of the molecule is CCC(C)N(CCCN=C(N)N)CC(=O)O. The number of nitrogens with two attached hydrogens (primary N) is 2. The molecule has 0 radical (unpaired) electrons. The van der Waals surface area contributed by atoms with Crippen molar-refractivity contribution in [1.82, 2.24) is 4.90 Å². The van der Waals surface area contributed by atoms with Crippen molar-refractivity contribution < 1.29 is 9.90 Å². The summed E-state index contributed by atoms with van der Waals surface area (Å²) in [6.07, 6.45) is 1.69. The number of carbonyl (C=O) groups is 1. The van der Waals surface area contributed by atoms with Crippen molar-refractivity contribution in [1.29, 1.82) is 0 Å². The molecule has 6 nitrogen and oxygen atoms in total. The molecule has 1 unspecified atom stereocenters. The van der Waals surface area contributed by atoms with Crippen LogP contribution in [-0.4, -0.2) is 47.6 Å². The highest BCUT2D eigenvalue weighted by atomic mass is 16.4. The minimum absolute atomic E-state index is 0.0663. The van der Waals surface area contributed by atoms with E-state index in [0.29, 0.717) is 13.1 Å². The Morgan fingerprint density at radius 2 is 2.12 bits per heavy atom. The highest BCUT2D eigenvalue weighted by molar-refractivity contribution is 5.75. The number of hydrogen-bond donors (Lipinski definition) is 3. The summed E-state index contributed by atoms with van der Waals surface area (Å²) < 4.78 is 0. The molecular weight excluding hydrogens is 208 g/mol. The van der Waals surface area contributed by atoms with Crippen LogP contribution in [0.4, 0.5) is 0 Å². The molecule has 94 valence electrons. The lowest BCUT2D eigenvalue weighted by atomic mass is 10.2. The van der Waals surface area contributed by atoms with Gasteiger partial charge in [-0.15, -0.1) is 0 Å². The summed E-state index contributed by atoms with van der Waals surface area (Å²) in [7, 11) is 0. The van der Waals surface area contributed by atoms with E-state index in [4.69, 9.17) is 16.6 Å². The number of carboxylic acids is 1. The van der Waals surface area contributed by atoms with Crippen LogP contribution in [0.2, 0.25) is 0 Å². The van der Waals surface area contributed by atoms with Crippen molar-refractivity contribution in [3.8, 4) is 0 Å². The molecule has 0 rings (SSSR count). The largest absolute Gasteiger partial charge is 0.480 e. The van der Waals surface area contributed by atoms with E-state index in [2.05, 4.69) is 4.99 Å². The molecule has 0 bridgehead atoms. The third-order valence-electron chi connectivity index (χ3n) is 2.45. The van der Waals surface area contributed by atoms with Crippen molar-refractivity contribution in [2.24, 2.45) is 16.5 Å². The van der Waals surface area contributed by atoms with Crippen LogP contribution in [-0.2, 0) is 4.79 Å². The Kier molecular flexibility index (Phi) is 7.28. The fourth-order valence-electron chi connectivity index (χ4n) is 1.37. The van der Waals surface area contributed by atoms with E-state index < -0.39 is 5.97 Å². The molecule has 6 heteroatoms. The van der Waals surface area contributed by atoms with Gasteiger partial charge in [-0.1, -0.05) is 6.92 Å². The van der Waals surface area contributed by atoms with Crippen LogP contribution >= 0.6 is 0 Å². The summed E-state index contributed by atoms with van der Waals surface area (Å²) >= 11 is 0. The van der Waals surface area contributed by atoms with Crippen LogP contribution in [0.5, 0.6) is 0 Å². The predicted molar refractivity (Wildman–Crippen MR) is 64.3 cm³/mol. The lowest BCUT2D eigenvalue weighted by Crippen LogP contribution is -2.38. The summed E-state index contributed by atoms with van der Waals surface area (Å²) in [5.41, 5.74) is 10.4. The minimum atomic E-state index is -0.804. The number of carboxylic acid groups (broad SMARTS) is 1. The molecule has 0 saturated carbocycles. The third kappa shape index (κ3) is 7.05. The lowest BCUT2D eigenvalue weighted by Gasteiger charge is -2.26. The van der Waals surface area contributed by atoms with Crippen molar-refractivity contribution in [2.75, 3.05) is 19.6 Å². The minimum Gasteiger partial charge on any atom is -0.480 e. The van der Waals surface area contributed by atoms with E-state index >= 15 is 0 Å². The zero-order chi connectivity index (χ0) is 12.6. The molecule has 0 aromatic carbocycles. The first-order valence-corrected chi connectivity index (χ1v) is 5.48. The first kappa shape index (κ1) is 14.7. The molecular formula is C10H22N4O2. The normalized spacial score (nSPS) is 12.4. The fraction of sp³-hybridized carbons (Fsp3) is 0.800. The molecule has 5 N–H and O–H groups in total. The smallest absolute Gasteiger partial charge is 0.317 e. The molecule has 1 atom stereocenters. The van der Waals surface area contributed by atoms with Crippen LogP contribution in [0.25, 0.3) is 0 Å². The van der Waals surface area contributed by atoms with Crippen LogP contribution in [0, 0.1) is 0 Å². The molecule has 0 heterocycles. The maximum absolute atomic E-state index is 10.7. The Morgan fingerprint density at radius 3 is 2.56 bits per heavy atom. The Morgan fingerprint density at radius 1 is 1.50 bits per heavy atom. The Balaban J connectivity index is 4.01. The Hall–Kier alpha value is -1.30. The molecule has 0 aromatic rings. The Labute approximate surface area is 96.3 Å². The molecule has 0 aliphatic carbocycles. The number of rotatable bonds is 8. The molecule has 0 amide bonds. The van der Waals surface area contributed by atoms with Gasteiger partial charge < -0.3 is 16.6 Å². The first-order chi connectivity index (χ1) is 7.47. The summed E-state index contributed by atoms with van der Waals surface area (Å²) in [6.45, 7) is 5.35. The van der Waals surface area contributed by atoms with Crippen LogP contribution in [0.1, 0.15) is 26.7 Å². The van der Waals surface area contributed by atoms with E-state index in [1.54, 1.807) is 0 Å². The quantitative estimate of drug-likeness (QED) is 0.305. The van der Waals surface area contributed by atoms with Gasteiger partial charge in [0, 0.05) is 19.1 Å². The summed E-state index contributed by atoms with van der Waals surface area (Å²) in [5, 5.41) is 8.76. The summed E-state index contributed by atoms with van der Waals surface area (Å²) in [4.78, 5) is 16.4. The van der Waals surface area contributed by atoms with Crippen LogP contribution in [0.3, 0.4) is 0 Å². The highest BCUT2D eigenvalue weighted by Gasteiger charge is 2.14. The van der Waals surface area contributed by atoms with Gasteiger partial charge in [0.1, 0.15) is 0 Å². The fourth-order valence-corrected chi connectivity index (χ4v) is 1.37. The van der Waals surface area contributed by atoms with Gasteiger partial charge in [0.25, 0.3) is 0 Å². The van der Waals surface area contributed by atoms with Gasteiger partial charge in [-0.2, -0.15) is 0 Å². The van der Waals surface area contributed by atoms with Crippen LogP contribution in [0.15, 0.2) is 4.99 Å². The van der Waals surface area contributed by atoms with Gasteiger partial charge in [-0.3, -0.25) is 14.7 Å².